The molecule has 0 saturated heterocycles. The molecular weight excluding hydrogens is 108 g/mol. The smallest absolute Gasteiger partial charge is 0.267 e. The lowest BCUT2D eigenvalue weighted by Crippen LogP contribution is -2.26. The molecule has 0 amide bonds. The van der Waals surface area contributed by atoms with Crippen LogP contribution in [0.25, 0.3) is 0 Å². The van der Waals surface area contributed by atoms with Crippen molar-refractivity contribution in [1.82, 2.24) is 0 Å². The molecule has 0 aromatic heterocycles. The number of aliphatic hydroxyl groups excluding tert-OH is 1. The van der Waals surface area contributed by atoms with Crippen LogP contribution < -0.4 is 0 Å². The molecule has 3 heteroatoms. The second-order valence-corrected chi connectivity index (χ2v) is 2.56. The van der Waals surface area contributed by atoms with Crippen LogP contribution in [0, 0.1) is 0 Å². The lowest BCUT2D eigenvalue weighted by molar-refractivity contribution is -0.274. The number of rotatable bonds is 1. The summed E-state index contributed by atoms with van der Waals surface area (Å²) in [5, 5.41) is 16.4. The normalized spacial score (nSPS) is 12.8. The summed E-state index contributed by atoms with van der Waals surface area (Å²) in [7, 11) is 0. The van der Waals surface area contributed by atoms with Gasteiger partial charge in [0.2, 0.25) is 0 Å². The fourth-order valence-corrected chi connectivity index (χ4v) is 0.316. The summed E-state index contributed by atoms with van der Waals surface area (Å²) in [6.07, 6.45) is 0. The monoisotopic (exact) mass is 120 g/mol. The lowest BCUT2D eigenvalue weighted by atomic mass is 10.2. The van der Waals surface area contributed by atoms with E-state index < -0.39 is 12.1 Å². The Morgan fingerprint density at radius 3 is 1.62 bits per heavy atom. The number of hydrogen-bond donors (Lipinski definition) is 2. The topological polar surface area (TPSA) is 49.7 Å². The quantitative estimate of drug-likeness (QED) is 0.481. The predicted octanol–water partition coefficient (Wildman–Crippen LogP) is 0.0697. The van der Waals surface area contributed by atoms with E-state index in [1.807, 2.05) is 0 Å². The van der Waals surface area contributed by atoms with Crippen molar-refractivity contribution >= 4 is 0 Å². The van der Waals surface area contributed by atoms with Gasteiger partial charge in [0.1, 0.15) is 0 Å². The molecule has 8 heavy (non-hydrogen) atoms. The van der Waals surface area contributed by atoms with Crippen LogP contribution in [0.2, 0.25) is 0 Å². The van der Waals surface area contributed by atoms with Gasteiger partial charge in [-0.1, -0.05) is 0 Å². The Hall–Kier alpha value is -0.120. The maximum Gasteiger partial charge on any atom is 0.267 e. The number of hydrogen-bond acceptors (Lipinski definition) is 3. The van der Waals surface area contributed by atoms with Gasteiger partial charge in [-0.15, -0.1) is 0 Å². The Balaban J connectivity index is 3.39. The molecule has 0 saturated carbocycles. The molecule has 0 spiro atoms. The van der Waals surface area contributed by atoms with E-state index >= 15 is 0 Å². The highest BCUT2D eigenvalue weighted by Gasteiger charge is 2.13. The number of aliphatic hydroxyl groups is 2. The molecule has 0 aliphatic carbocycles. The first-order valence-corrected chi connectivity index (χ1v) is 2.46. The van der Waals surface area contributed by atoms with Crippen molar-refractivity contribution in [2.45, 2.75) is 32.8 Å². The molecular formula is C5H12O3. The molecule has 0 aliphatic heterocycles. The van der Waals surface area contributed by atoms with Crippen LogP contribution in [0.15, 0.2) is 0 Å². The third kappa shape index (κ3) is 5.88. The van der Waals surface area contributed by atoms with Crippen molar-refractivity contribution in [2.75, 3.05) is 0 Å². The first-order valence-electron chi connectivity index (χ1n) is 2.46. The average molecular weight is 120 g/mol. The molecule has 0 atom stereocenters. The summed E-state index contributed by atoms with van der Waals surface area (Å²) in [5.74, 6) is 0. The molecule has 0 heterocycles. The summed E-state index contributed by atoms with van der Waals surface area (Å²) in [4.78, 5) is 0. The van der Waals surface area contributed by atoms with E-state index in [2.05, 4.69) is 4.74 Å². The Labute approximate surface area is 48.9 Å². The van der Waals surface area contributed by atoms with Crippen molar-refractivity contribution in [3.05, 3.63) is 0 Å². The highest BCUT2D eigenvalue weighted by atomic mass is 16.7. The van der Waals surface area contributed by atoms with Crippen LogP contribution in [0.3, 0.4) is 0 Å². The maximum absolute atomic E-state index is 8.22. The Morgan fingerprint density at radius 1 is 1.25 bits per heavy atom. The lowest BCUT2D eigenvalue weighted by Gasteiger charge is -2.19. The standard InChI is InChI=1S/C5H12O3/c1-5(2,3)8-4(6)7/h4,6-7H,1-3H3. The zero-order valence-electron chi connectivity index (χ0n) is 5.38. The van der Waals surface area contributed by atoms with Crippen LogP contribution in [0.5, 0.6) is 0 Å². The Morgan fingerprint density at radius 2 is 1.62 bits per heavy atom. The third-order valence-electron chi connectivity index (χ3n) is 0.459. The van der Waals surface area contributed by atoms with Gasteiger partial charge in [0, 0.05) is 0 Å². The van der Waals surface area contributed by atoms with Crippen molar-refractivity contribution in [2.24, 2.45) is 0 Å². The molecule has 0 radical (unpaired) electrons. The summed E-state index contributed by atoms with van der Waals surface area (Å²) < 4.78 is 4.55. The minimum absolute atomic E-state index is 0.478. The summed E-state index contributed by atoms with van der Waals surface area (Å²) in [5.41, 5.74) is -0.478. The van der Waals surface area contributed by atoms with Gasteiger partial charge in [-0.05, 0) is 20.8 Å². The highest BCUT2D eigenvalue weighted by Crippen LogP contribution is 2.07. The minimum atomic E-state index is -1.66. The Kier molecular flexibility index (Phi) is 2.40. The largest absolute Gasteiger partial charge is 0.346 e. The van der Waals surface area contributed by atoms with E-state index in [0.717, 1.165) is 0 Å². The van der Waals surface area contributed by atoms with E-state index in [-0.39, 0.29) is 0 Å². The fourth-order valence-electron chi connectivity index (χ4n) is 0.316. The van der Waals surface area contributed by atoms with Crippen molar-refractivity contribution in [1.29, 1.82) is 0 Å². The molecule has 3 nitrogen and oxygen atoms in total. The van der Waals surface area contributed by atoms with Crippen LogP contribution in [-0.4, -0.2) is 22.3 Å². The summed E-state index contributed by atoms with van der Waals surface area (Å²) >= 11 is 0. The van der Waals surface area contributed by atoms with E-state index in [4.69, 9.17) is 10.2 Å². The zero-order chi connectivity index (χ0) is 6.78. The van der Waals surface area contributed by atoms with Crippen molar-refractivity contribution in [3.8, 4) is 0 Å². The maximum atomic E-state index is 8.22. The molecule has 0 unspecified atom stereocenters. The van der Waals surface area contributed by atoms with Crippen LogP contribution >= 0.6 is 0 Å². The molecule has 2 N–H and O–H groups in total. The zero-order valence-corrected chi connectivity index (χ0v) is 5.38. The fraction of sp³-hybridized carbons (Fsp3) is 1.00. The SMILES string of the molecule is CC(C)(C)OC(O)O. The molecule has 0 aromatic carbocycles. The summed E-state index contributed by atoms with van der Waals surface area (Å²) in [6.45, 7) is 3.57. The van der Waals surface area contributed by atoms with Gasteiger partial charge in [0.15, 0.2) is 0 Å². The molecule has 0 rings (SSSR count). The van der Waals surface area contributed by atoms with Gasteiger partial charge in [-0.25, -0.2) is 0 Å². The second-order valence-electron chi connectivity index (χ2n) is 2.56. The van der Waals surface area contributed by atoms with Crippen molar-refractivity contribution in [3.63, 3.8) is 0 Å². The molecule has 0 bridgehead atoms. The highest BCUT2D eigenvalue weighted by molar-refractivity contribution is 4.56. The summed E-state index contributed by atoms with van der Waals surface area (Å²) in [6, 6.07) is 0. The van der Waals surface area contributed by atoms with Gasteiger partial charge in [0.25, 0.3) is 6.48 Å². The Bertz CT molecular complexity index is 62.6. The van der Waals surface area contributed by atoms with E-state index in [9.17, 15) is 0 Å². The molecule has 50 valence electrons. The van der Waals surface area contributed by atoms with Crippen LogP contribution in [0.4, 0.5) is 0 Å². The molecule has 0 aliphatic rings. The predicted molar refractivity (Wildman–Crippen MR) is 29.1 cm³/mol. The van der Waals surface area contributed by atoms with Gasteiger partial charge in [0.05, 0.1) is 5.60 Å². The number of ether oxygens (including phenoxy) is 1. The second kappa shape index (κ2) is 2.44. The van der Waals surface area contributed by atoms with Gasteiger partial charge in [-0.2, -0.15) is 0 Å². The first kappa shape index (κ1) is 7.88. The molecule has 0 fully saturated rings. The third-order valence-corrected chi connectivity index (χ3v) is 0.459. The minimum Gasteiger partial charge on any atom is -0.346 e. The van der Waals surface area contributed by atoms with E-state index in [1.54, 1.807) is 20.8 Å². The first-order chi connectivity index (χ1) is 3.42. The molecule has 0 aromatic rings. The van der Waals surface area contributed by atoms with Gasteiger partial charge < -0.3 is 14.9 Å². The van der Waals surface area contributed by atoms with Gasteiger partial charge in [-0.3, -0.25) is 0 Å². The average Bonchev–Trinajstić information content (AvgIpc) is 1.21. The van der Waals surface area contributed by atoms with E-state index in [1.165, 1.54) is 0 Å². The van der Waals surface area contributed by atoms with Crippen molar-refractivity contribution < 1.29 is 14.9 Å². The van der Waals surface area contributed by atoms with Crippen LogP contribution in [0.1, 0.15) is 20.8 Å². The van der Waals surface area contributed by atoms with E-state index in [0.29, 0.717) is 0 Å². The van der Waals surface area contributed by atoms with Gasteiger partial charge >= 0.3 is 0 Å². The van der Waals surface area contributed by atoms with Crippen LogP contribution in [-0.2, 0) is 4.74 Å².